The summed E-state index contributed by atoms with van der Waals surface area (Å²) in [7, 11) is 1.64. The lowest BCUT2D eigenvalue weighted by molar-refractivity contribution is 0.0541. The van der Waals surface area contributed by atoms with Gasteiger partial charge in [0.1, 0.15) is 11.8 Å². The molecule has 10 heteroatoms. The molecule has 1 saturated heterocycles. The number of benzene rings is 1. The highest BCUT2D eigenvalue weighted by molar-refractivity contribution is 5.79. The van der Waals surface area contributed by atoms with Crippen molar-refractivity contribution in [2.45, 2.75) is 45.0 Å². The summed E-state index contributed by atoms with van der Waals surface area (Å²) in [4.78, 5) is 18.7. The third kappa shape index (κ3) is 5.19. The molecule has 0 radical (unpaired) electrons. The van der Waals surface area contributed by atoms with Crippen LogP contribution in [0.15, 0.2) is 51.9 Å². The average molecular weight is 479 g/mol. The number of methoxy groups -OCH3 is 1. The Morgan fingerprint density at radius 3 is 3.00 bits per heavy atom. The number of H-pyrrole nitrogens is 1. The van der Waals surface area contributed by atoms with Gasteiger partial charge in [-0.1, -0.05) is 11.6 Å². The van der Waals surface area contributed by atoms with Gasteiger partial charge in [0.2, 0.25) is 0 Å². The number of hydrogen-bond acceptors (Lipinski definition) is 8. The van der Waals surface area contributed by atoms with Crippen molar-refractivity contribution in [2.24, 2.45) is 0 Å². The van der Waals surface area contributed by atoms with Gasteiger partial charge in [0.15, 0.2) is 5.82 Å². The topological polar surface area (TPSA) is 111 Å². The van der Waals surface area contributed by atoms with Gasteiger partial charge < -0.3 is 18.9 Å². The first-order chi connectivity index (χ1) is 17.1. The van der Waals surface area contributed by atoms with Gasteiger partial charge in [-0.2, -0.15) is 0 Å². The molecule has 35 heavy (non-hydrogen) atoms. The predicted octanol–water partition coefficient (Wildman–Crippen LogP) is 2.83. The Labute approximate surface area is 202 Å². The van der Waals surface area contributed by atoms with E-state index in [0.717, 1.165) is 41.7 Å². The normalized spacial score (nSPS) is 16.9. The van der Waals surface area contributed by atoms with Crippen molar-refractivity contribution in [2.75, 3.05) is 26.9 Å². The van der Waals surface area contributed by atoms with Gasteiger partial charge in [-0.05, 0) is 65.9 Å². The van der Waals surface area contributed by atoms with E-state index in [4.69, 9.17) is 13.9 Å². The van der Waals surface area contributed by atoms with Crippen molar-refractivity contribution in [3.63, 3.8) is 0 Å². The molecular formula is C25H30N6O4. The van der Waals surface area contributed by atoms with Gasteiger partial charge in [0.05, 0.1) is 32.1 Å². The Hall–Kier alpha value is -3.34. The highest BCUT2D eigenvalue weighted by Gasteiger charge is 2.33. The Bertz CT molecular complexity index is 1310. The summed E-state index contributed by atoms with van der Waals surface area (Å²) in [5, 5.41) is 13.5. The minimum Gasteiger partial charge on any atom is -0.468 e. The summed E-state index contributed by atoms with van der Waals surface area (Å²) < 4.78 is 18.7. The molecule has 1 fully saturated rings. The Morgan fingerprint density at radius 2 is 2.23 bits per heavy atom. The Morgan fingerprint density at radius 1 is 1.31 bits per heavy atom. The summed E-state index contributed by atoms with van der Waals surface area (Å²) in [5.41, 5.74) is 2.30. The zero-order chi connectivity index (χ0) is 24.2. The third-order valence-corrected chi connectivity index (χ3v) is 6.40. The predicted molar refractivity (Wildman–Crippen MR) is 129 cm³/mol. The number of nitrogens with one attached hydrogen (secondary N) is 1. The van der Waals surface area contributed by atoms with Gasteiger partial charge in [0.25, 0.3) is 5.56 Å². The van der Waals surface area contributed by atoms with Crippen molar-refractivity contribution in [1.29, 1.82) is 0 Å². The molecule has 1 N–H and O–H groups in total. The molecule has 0 bridgehead atoms. The highest BCUT2D eigenvalue weighted by Crippen LogP contribution is 2.30. The number of aromatic nitrogens is 5. The van der Waals surface area contributed by atoms with Crippen molar-refractivity contribution >= 4 is 10.9 Å². The quantitative estimate of drug-likeness (QED) is 0.370. The second-order valence-electron chi connectivity index (χ2n) is 8.94. The van der Waals surface area contributed by atoms with Crippen molar-refractivity contribution in [1.82, 2.24) is 30.1 Å². The molecule has 0 unspecified atom stereocenters. The van der Waals surface area contributed by atoms with E-state index >= 15 is 0 Å². The Balaban J connectivity index is 1.65. The van der Waals surface area contributed by atoms with E-state index < -0.39 is 6.04 Å². The van der Waals surface area contributed by atoms with E-state index in [-0.39, 0.29) is 11.7 Å². The zero-order valence-electron chi connectivity index (χ0n) is 20.0. The lowest BCUT2D eigenvalue weighted by atomic mass is 10.0. The van der Waals surface area contributed by atoms with E-state index in [1.54, 1.807) is 18.1 Å². The molecule has 0 spiro atoms. The minimum atomic E-state index is -0.523. The summed E-state index contributed by atoms with van der Waals surface area (Å²) in [5.74, 6) is 1.36. The number of ether oxygens (including phenoxy) is 2. The maximum Gasteiger partial charge on any atom is 0.253 e. The first-order valence-corrected chi connectivity index (χ1v) is 11.9. The van der Waals surface area contributed by atoms with Crippen LogP contribution < -0.4 is 5.56 Å². The molecule has 0 aliphatic carbocycles. The Kier molecular flexibility index (Phi) is 7.03. The number of tetrazole rings is 1. The monoisotopic (exact) mass is 478 g/mol. The van der Waals surface area contributed by atoms with E-state index in [2.05, 4.69) is 31.5 Å². The molecule has 0 amide bonds. The molecule has 4 heterocycles. The van der Waals surface area contributed by atoms with E-state index in [1.165, 1.54) is 0 Å². The van der Waals surface area contributed by atoms with E-state index in [1.807, 2.05) is 37.3 Å². The number of rotatable bonds is 10. The van der Waals surface area contributed by atoms with Crippen LogP contribution >= 0.6 is 0 Å². The first-order valence-electron chi connectivity index (χ1n) is 11.9. The summed E-state index contributed by atoms with van der Waals surface area (Å²) in [6, 6.07) is 11.2. The van der Waals surface area contributed by atoms with Crippen LogP contribution in [0.5, 0.6) is 0 Å². The van der Waals surface area contributed by atoms with Gasteiger partial charge in [-0.3, -0.25) is 9.69 Å². The molecule has 10 nitrogen and oxygen atoms in total. The molecule has 4 aromatic rings. The molecule has 0 saturated carbocycles. The number of furan rings is 1. The first kappa shape index (κ1) is 23.4. The minimum absolute atomic E-state index is 0.0533. The standard InChI is InChI=1S/C25H30N6O4/c1-17-7-8-22-18(13-17)14-21(25(32)26-22)23(24-27-28-29-31(24)9-12-33-2)30(15-19-5-3-10-34-19)16-20-6-4-11-35-20/h3,5,7-8,10,13-14,20,23H,4,6,9,11-12,15-16H2,1-2H3,(H,26,32)/t20-,23-/m1/s1. The number of pyridine rings is 1. The molecule has 1 aliphatic rings. The van der Waals surface area contributed by atoms with Crippen LogP contribution in [0.3, 0.4) is 0 Å². The molecular weight excluding hydrogens is 448 g/mol. The SMILES string of the molecule is COCCn1nnnc1[C@@H](c1cc2cc(C)ccc2[nH]c1=O)N(Cc1ccco1)C[C@H]1CCCO1. The van der Waals surface area contributed by atoms with Crippen LogP contribution in [0, 0.1) is 6.92 Å². The summed E-state index contributed by atoms with van der Waals surface area (Å²) in [6.07, 6.45) is 3.69. The number of aryl methyl sites for hydroxylation is 1. The fraction of sp³-hybridized carbons (Fsp3) is 0.440. The van der Waals surface area contributed by atoms with Crippen molar-refractivity contribution in [3.05, 3.63) is 75.7 Å². The van der Waals surface area contributed by atoms with Crippen molar-refractivity contribution < 1.29 is 13.9 Å². The average Bonchev–Trinajstić information content (AvgIpc) is 3.62. The number of hydrogen-bond donors (Lipinski definition) is 1. The fourth-order valence-corrected chi connectivity index (χ4v) is 4.70. The molecule has 1 aromatic carbocycles. The van der Waals surface area contributed by atoms with Gasteiger partial charge >= 0.3 is 0 Å². The number of nitrogens with zero attached hydrogens (tertiary/aromatic N) is 5. The maximum absolute atomic E-state index is 13.5. The van der Waals surface area contributed by atoms with Gasteiger partial charge in [-0.15, -0.1) is 5.10 Å². The van der Waals surface area contributed by atoms with E-state index in [0.29, 0.717) is 37.6 Å². The number of fused-ring (bicyclic) bond motifs is 1. The lowest BCUT2D eigenvalue weighted by Gasteiger charge is -2.32. The molecule has 184 valence electrons. The van der Waals surface area contributed by atoms with Gasteiger partial charge in [-0.25, -0.2) is 4.68 Å². The van der Waals surface area contributed by atoms with Crippen LogP contribution in [0.1, 0.15) is 41.6 Å². The largest absolute Gasteiger partial charge is 0.468 e. The summed E-state index contributed by atoms with van der Waals surface area (Å²) >= 11 is 0. The van der Waals surface area contributed by atoms with Crippen LogP contribution in [-0.2, 0) is 22.6 Å². The molecule has 5 rings (SSSR count). The second-order valence-corrected chi connectivity index (χ2v) is 8.94. The highest BCUT2D eigenvalue weighted by atomic mass is 16.5. The van der Waals surface area contributed by atoms with Crippen LogP contribution in [0.25, 0.3) is 10.9 Å². The maximum atomic E-state index is 13.5. The van der Waals surface area contributed by atoms with Crippen molar-refractivity contribution in [3.8, 4) is 0 Å². The molecule has 1 aliphatic heterocycles. The lowest BCUT2D eigenvalue weighted by Crippen LogP contribution is -2.39. The van der Waals surface area contributed by atoms with Crippen LogP contribution in [-0.4, -0.2) is 63.1 Å². The smallest absolute Gasteiger partial charge is 0.253 e. The molecule has 3 aromatic heterocycles. The van der Waals surface area contributed by atoms with Crippen LogP contribution in [0.2, 0.25) is 0 Å². The molecule has 2 atom stereocenters. The zero-order valence-corrected chi connectivity index (χ0v) is 20.0. The third-order valence-electron chi connectivity index (χ3n) is 6.40. The number of aromatic amines is 1. The summed E-state index contributed by atoms with van der Waals surface area (Å²) in [6.45, 7) is 4.77. The van der Waals surface area contributed by atoms with Gasteiger partial charge in [0, 0.05) is 31.3 Å². The van der Waals surface area contributed by atoms with Crippen LogP contribution in [0.4, 0.5) is 0 Å². The second kappa shape index (κ2) is 10.5. The fourth-order valence-electron chi connectivity index (χ4n) is 4.70. The van der Waals surface area contributed by atoms with E-state index in [9.17, 15) is 4.79 Å².